The molecule has 268 valence electrons. The number of aromatic amines is 2. The summed E-state index contributed by atoms with van der Waals surface area (Å²) in [6.45, 7) is 3.54. The van der Waals surface area contributed by atoms with Crippen molar-refractivity contribution in [2.75, 3.05) is 10.6 Å². The molecule has 7 aromatic rings. The number of nitrogens with zero attached hydrogens (tertiary/aromatic N) is 8. The zero-order valence-electron chi connectivity index (χ0n) is 28.9. The van der Waals surface area contributed by atoms with Crippen LogP contribution in [0.1, 0.15) is 41.4 Å². The van der Waals surface area contributed by atoms with Gasteiger partial charge in [0, 0.05) is 24.7 Å². The summed E-state index contributed by atoms with van der Waals surface area (Å²) in [5, 5.41) is 27.5. The molecule has 2 aromatic carbocycles. The number of nitriles is 1. The molecule has 54 heavy (non-hydrogen) atoms. The van der Waals surface area contributed by atoms with E-state index in [-0.39, 0.29) is 23.9 Å². The minimum absolute atomic E-state index is 0.131. The molecule has 0 spiro atoms. The summed E-state index contributed by atoms with van der Waals surface area (Å²) in [4.78, 5) is 45.6. The number of anilines is 2. The van der Waals surface area contributed by atoms with Crippen LogP contribution in [0.25, 0.3) is 23.0 Å². The van der Waals surface area contributed by atoms with Gasteiger partial charge in [0.25, 0.3) is 11.8 Å². The van der Waals surface area contributed by atoms with Crippen LogP contribution in [0.15, 0.2) is 122 Å². The van der Waals surface area contributed by atoms with Gasteiger partial charge in [0.15, 0.2) is 17.8 Å². The molecule has 0 aliphatic rings. The maximum Gasteiger partial charge on any atom is 0.267 e. The Morgan fingerprint density at radius 2 is 1.37 bits per heavy atom. The van der Waals surface area contributed by atoms with Crippen LogP contribution in [0, 0.1) is 11.3 Å². The predicted octanol–water partition coefficient (Wildman–Crippen LogP) is 5.80. The molecule has 2 atom stereocenters. The first-order valence-electron chi connectivity index (χ1n) is 16.5. The van der Waals surface area contributed by atoms with Crippen molar-refractivity contribution < 1.29 is 19.1 Å². The maximum absolute atomic E-state index is 12.4. The lowest BCUT2D eigenvalue weighted by Gasteiger charge is -2.14. The van der Waals surface area contributed by atoms with Gasteiger partial charge in [0.1, 0.15) is 23.2 Å². The van der Waals surface area contributed by atoms with Gasteiger partial charge in [0.05, 0.1) is 17.2 Å². The van der Waals surface area contributed by atoms with Crippen molar-refractivity contribution in [1.82, 2.24) is 45.3 Å². The summed E-state index contributed by atoms with van der Waals surface area (Å²) in [5.41, 5.74) is 3.13. The van der Waals surface area contributed by atoms with Gasteiger partial charge in [-0.15, -0.1) is 10.2 Å². The summed E-state index contributed by atoms with van der Waals surface area (Å²) in [6, 6.07) is 32.6. The van der Waals surface area contributed by atoms with Crippen molar-refractivity contribution in [2.45, 2.75) is 26.1 Å². The SMILES string of the molecule is CC(Oc1ccc(C(=O)Nc2n[nH]c(-c3ccccn3)n2)cn1)c1ccccc1.CC(Oc1cccc(C#N)c1)C(=O)Nc1n[nH]c(-c2ccccn2)n1. The van der Waals surface area contributed by atoms with E-state index in [9.17, 15) is 9.59 Å². The number of hydrogen-bond acceptors (Lipinski definition) is 12. The molecule has 0 saturated heterocycles. The average Bonchev–Trinajstić information content (AvgIpc) is 3.89. The third kappa shape index (κ3) is 9.70. The van der Waals surface area contributed by atoms with Gasteiger partial charge in [0.2, 0.25) is 17.8 Å². The number of aromatic nitrogens is 9. The number of amides is 2. The number of pyridine rings is 3. The van der Waals surface area contributed by atoms with Gasteiger partial charge < -0.3 is 9.47 Å². The van der Waals surface area contributed by atoms with Gasteiger partial charge in [-0.3, -0.25) is 40.4 Å². The van der Waals surface area contributed by atoms with E-state index in [4.69, 9.17) is 14.7 Å². The Hall–Kier alpha value is -7.80. The Morgan fingerprint density at radius 3 is 1.96 bits per heavy atom. The highest BCUT2D eigenvalue weighted by Crippen LogP contribution is 2.21. The summed E-state index contributed by atoms with van der Waals surface area (Å²) in [7, 11) is 0. The molecule has 5 heterocycles. The lowest BCUT2D eigenvalue weighted by molar-refractivity contribution is -0.122. The number of benzene rings is 2. The third-order valence-electron chi connectivity index (χ3n) is 7.46. The Morgan fingerprint density at radius 1 is 0.722 bits per heavy atom. The van der Waals surface area contributed by atoms with Gasteiger partial charge in [-0.1, -0.05) is 48.5 Å². The third-order valence-corrected chi connectivity index (χ3v) is 7.46. The fourth-order valence-corrected chi connectivity index (χ4v) is 4.71. The lowest BCUT2D eigenvalue weighted by atomic mass is 10.1. The number of hydrogen-bond donors (Lipinski definition) is 4. The Balaban J connectivity index is 0.000000186. The lowest BCUT2D eigenvalue weighted by Crippen LogP contribution is -2.30. The van der Waals surface area contributed by atoms with Crippen LogP contribution in [-0.4, -0.2) is 63.2 Å². The normalized spacial score (nSPS) is 11.5. The van der Waals surface area contributed by atoms with E-state index in [2.05, 4.69) is 55.9 Å². The zero-order valence-corrected chi connectivity index (χ0v) is 28.9. The van der Waals surface area contributed by atoms with Crippen molar-refractivity contribution in [1.29, 1.82) is 5.26 Å². The molecule has 2 amide bonds. The van der Waals surface area contributed by atoms with Crippen molar-refractivity contribution in [3.8, 4) is 40.7 Å². The number of ether oxygens (including phenoxy) is 2. The van der Waals surface area contributed by atoms with Crippen molar-refractivity contribution >= 4 is 23.7 Å². The highest BCUT2D eigenvalue weighted by Gasteiger charge is 2.18. The Bertz CT molecular complexity index is 2330. The van der Waals surface area contributed by atoms with Crippen LogP contribution in [0.5, 0.6) is 11.6 Å². The molecule has 0 aliphatic carbocycles. The standard InChI is InChI=1S/C21H18N6O2.C17H14N6O2/c1-14(15-7-3-2-4-8-15)29-18-11-10-16(13-23-18)20(28)25-21-24-19(26-27-21)17-9-5-6-12-22-17;1-11(25-13-6-4-5-12(9-13)10-18)16(24)21-17-20-15(22-23-17)14-7-2-3-8-19-14/h2-14H,1H3,(H2,24,25,26,27,28);2-9,11H,1H3,(H2,20,21,22,23,24). The van der Waals surface area contributed by atoms with E-state index in [1.807, 2.05) is 61.5 Å². The molecule has 16 nitrogen and oxygen atoms in total. The largest absolute Gasteiger partial charge is 0.481 e. The zero-order chi connectivity index (χ0) is 37.7. The number of carbonyl (C=O) groups is 2. The highest BCUT2D eigenvalue weighted by molar-refractivity contribution is 6.03. The topological polar surface area (TPSA) is 222 Å². The number of H-pyrrole nitrogens is 2. The van der Waals surface area contributed by atoms with Crippen LogP contribution in [0.4, 0.5) is 11.9 Å². The minimum Gasteiger partial charge on any atom is -0.481 e. The first kappa shape index (κ1) is 36.0. The van der Waals surface area contributed by atoms with E-state index in [1.54, 1.807) is 73.9 Å². The first-order chi connectivity index (χ1) is 26.3. The molecule has 0 fully saturated rings. The van der Waals surface area contributed by atoms with Crippen LogP contribution < -0.4 is 20.1 Å². The van der Waals surface area contributed by atoms with Crippen molar-refractivity contribution in [3.63, 3.8) is 0 Å². The monoisotopic (exact) mass is 720 g/mol. The molecule has 0 bridgehead atoms. The maximum atomic E-state index is 12.4. The number of carbonyl (C=O) groups excluding carboxylic acids is 2. The molecule has 5 aromatic heterocycles. The van der Waals surface area contributed by atoms with Gasteiger partial charge in [-0.2, -0.15) is 15.2 Å². The minimum atomic E-state index is -0.786. The van der Waals surface area contributed by atoms with Crippen LogP contribution >= 0.6 is 0 Å². The smallest absolute Gasteiger partial charge is 0.267 e. The Labute approximate surface area is 308 Å². The first-order valence-corrected chi connectivity index (χ1v) is 16.5. The molecular formula is C38H32N12O4. The van der Waals surface area contributed by atoms with Gasteiger partial charge >= 0.3 is 0 Å². The molecule has 16 heteroatoms. The summed E-state index contributed by atoms with van der Waals surface area (Å²) in [5.74, 6) is 1.31. The van der Waals surface area contributed by atoms with E-state index in [0.717, 1.165) is 5.56 Å². The predicted molar refractivity (Wildman–Crippen MR) is 197 cm³/mol. The molecule has 0 radical (unpaired) electrons. The average molecular weight is 721 g/mol. The van der Waals surface area contributed by atoms with Gasteiger partial charge in [-0.05, 0) is 67.9 Å². The van der Waals surface area contributed by atoms with E-state index >= 15 is 0 Å². The number of rotatable bonds is 11. The van der Waals surface area contributed by atoms with Gasteiger partial charge in [-0.25, -0.2) is 4.98 Å². The quantitative estimate of drug-likeness (QED) is 0.125. The summed E-state index contributed by atoms with van der Waals surface area (Å²) >= 11 is 0. The Kier molecular flexibility index (Phi) is 11.6. The van der Waals surface area contributed by atoms with Crippen molar-refractivity contribution in [3.05, 3.63) is 138 Å². The van der Waals surface area contributed by atoms with E-state index in [1.165, 1.54) is 6.20 Å². The molecule has 7 rings (SSSR count). The second kappa shape index (κ2) is 17.4. The fourth-order valence-electron chi connectivity index (χ4n) is 4.71. The van der Waals surface area contributed by atoms with Crippen LogP contribution in [-0.2, 0) is 4.79 Å². The second-order valence-corrected chi connectivity index (χ2v) is 11.3. The van der Waals surface area contributed by atoms with E-state index < -0.39 is 12.0 Å². The second-order valence-electron chi connectivity index (χ2n) is 11.3. The van der Waals surface area contributed by atoms with Crippen molar-refractivity contribution in [2.24, 2.45) is 0 Å². The number of nitrogens with one attached hydrogen (secondary N) is 4. The molecular weight excluding hydrogens is 688 g/mol. The molecule has 0 aliphatic heterocycles. The summed E-state index contributed by atoms with van der Waals surface area (Å²) in [6.07, 6.45) is 3.81. The molecule has 0 saturated carbocycles. The molecule has 4 N–H and O–H groups in total. The van der Waals surface area contributed by atoms with Crippen LogP contribution in [0.3, 0.4) is 0 Å². The summed E-state index contributed by atoms with van der Waals surface area (Å²) < 4.78 is 11.4. The van der Waals surface area contributed by atoms with Crippen LogP contribution in [0.2, 0.25) is 0 Å². The highest BCUT2D eigenvalue weighted by atomic mass is 16.5. The molecule has 2 unspecified atom stereocenters. The van der Waals surface area contributed by atoms with E-state index in [0.29, 0.717) is 45.8 Å². The fraction of sp³-hybridized carbons (Fsp3) is 0.105.